The van der Waals surface area contributed by atoms with Gasteiger partial charge in [0.15, 0.2) is 0 Å². The van der Waals surface area contributed by atoms with Gasteiger partial charge in [-0.2, -0.15) is 0 Å². The van der Waals surface area contributed by atoms with Crippen LogP contribution in [0.5, 0.6) is 0 Å². The number of rotatable bonds is 1. The Bertz CT molecular complexity index is 602. The van der Waals surface area contributed by atoms with Gasteiger partial charge in [-0.3, -0.25) is 0 Å². The van der Waals surface area contributed by atoms with Crippen molar-refractivity contribution in [2.75, 3.05) is 6.54 Å². The summed E-state index contributed by atoms with van der Waals surface area (Å²) in [5, 5.41) is 12.4. The van der Waals surface area contributed by atoms with Crippen LogP contribution in [0.4, 0.5) is 0 Å². The highest BCUT2D eigenvalue weighted by Crippen LogP contribution is 2.30. The molecule has 2 aromatic rings. The average Bonchev–Trinajstić information content (AvgIpc) is 2.90. The summed E-state index contributed by atoms with van der Waals surface area (Å²) in [5.74, 6) is 2.67. The fourth-order valence-corrected chi connectivity index (χ4v) is 3.32. The van der Waals surface area contributed by atoms with Crippen molar-refractivity contribution in [3.05, 3.63) is 47.0 Å². The second kappa shape index (κ2) is 4.46. The van der Waals surface area contributed by atoms with Crippen molar-refractivity contribution in [1.82, 2.24) is 20.1 Å². The van der Waals surface area contributed by atoms with Gasteiger partial charge in [0.1, 0.15) is 11.6 Å². The molecule has 0 saturated heterocycles. The SMILES string of the molecule is c1ccc2c(c1)CNCC2c1nnc2n1CCCC2. The Kier molecular flexibility index (Phi) is 2.62. The first kappa shape index (κ1) is 11.2. The first-order valence-corrected chi connectivity index (χ1v) is 7.14. The summed E-state index contributed by atoms with van der Waals surface area (Å²) in [7, 11) is 0. The van der Waals surface area contributed by atoms with Gasteiger partial charge < -0.3 is 9.88 Å². The highest BCUT2D eigenvalue weighted by Gasteiger charge is 2.27. The topological polar surface area (TPSA) is 42.7 Å². The number of fused-ring (bicyclic) bond motifs is 2. The molecule has 1 aromatic heterocycles. The summed E-state index contributed by atoms with van der Waals surface area (Å²) in [6.07, 6.45) is 3.58. The van der Waals surface area contributed by atoms with E-state index in [1.54, 1.807) is 0 Å². The van der Waals surface area contributed by atoms with Gasteiger partial charge >= 0.3 is 0 Å². The minimum atomic E-state index is 0.351. The van der Waals surface area contributed by atoms with Gasteiger partial charge in [-0.1, -0.05) is 24.3 Å². The van der Waals surface area contributed by atoms with Crippen molar-refractivity contribution in [2.45, 2.75) is 38.3 Å². The van der Waals surface area contributed by atoms with E-state index in [2.05, 4.69) is 44.3 Å². The third-order valence-electron chi connectivity index (χ3n) is 4.29. The Morgan fingerprint density at radius 3 is 3.11 bits per heavy atom. The van der Waals surface area contributed by atoms with E-state index in [-0.39, 0.29) is 0 Å². The standard InChI is InChI=1S/C15H18N4/c1-2-6-12-11(5-1)9-16-10-13(12)15-18-17-14-7-3-4-8-19(14)15/h1-2,5-6,13,16H,3-4,7-10H2. The Hall–Kier alpha value is -1.68. The molecule has 0 spiro atoms. The molecule has 4 heteroatoms. The molecule has 98 valence electrons. The lowest BCUT2D eigenvalue weighted by molar-refractivity contribution is 0.483. The number of hydrogen-bond donors (Lipinski definition) is 1. The van der Waals surface area contributed by atoms with E-state index in [1.807, 2.05) is 0 Å². The van der Waals surface area contributed by atoms with Crippen molar-refractivity contribution in [1.29, 1.82) is 0 Å². The molecule has 0 bridgehead atoms. The fourth-order valence-electron chi connectivity index (χ4n) is 3.32. The van der Waals surface area contributed by atoms with Crippen LogP contribution < -0.4 is 5.32 Å². The van der Waals surface area contributed by atoms with Gasteiger partial charge in [0, 0.05) is 26.1 Å². The molecule has 1 N–H and O–H groups in total. The van der Waals surface area contributed by atoms with Crippen LogP contribution in [0, 0.1) is 0 Å². The number of nitrogens with zero attached hydrogens (tertiary/aromatic N) is 3. The van der Waals surface area contributed by atoms with Crippen LogP contribution in [0.1, 0.15) is 41.5 Å². The second-order valence-corrected chi connectivity index (χ2v) is 5.47. The van der Waals surface area contributed by atoms with Gasteiger partial charge in [-0.15, -0.1) is 10.2 Å². The quantitative estimate of drug-likeness (QED) is 0.844. The van der Waals surface area contributed by atoms with Crippen LogP contribution in [0.3, 0.4) is 0 Å². The van der Waals surface area contributed by atoms with Gasteiger partial charge in [0.2, 0.25) is 0 Å². The summed E-state index contributed by atoms with van der Waals surface area (Å²) in [6.45, 7) is 3.01. The molecule has 4 nitrogen and oxygen atoms in total. The lowest BCUT2D eigenvalue weighted by Gasteiger charge is -2.27. The van der Waals surface area contributed by atoms with Gasteiger partial charge in [-0.05, 0) is 24.0 Å². The molecule has 0 fully saturated rings. The summed E-state index contributed by atoms with van der Waals surface area (Å²) in [5.41, 5.74) is 2.81. The van der Waals surface area contributed by atoms with Crippen molar-refractivity contribution in [2.24, 2.45) is 0 Å². The largest absolute Gasteiger partial charge is 0.314 e. The molecule has 2 aliphatic heterocycles. The van der Waals surface area contributed by atoms with Crippen LogP contribution in [0.2, 0.25) is 0 Å². The monoisotopic (exact) mass is 254 g/mol. The number of aryl methyl sites for hydroxylation is 1. The lowest BCUT2D eigenvalue weighted by atomic mass is 9.90. The van der Waals surface area contributed by atoms with E-state index < -0.39 is 0 Å². The highest BCUT2D eigenvalue weighted by atomic mass is 15.3. The van der Waals surface area contributed by atoms with Crippen LogP contribution in [-0.4, -0.2) is 21.3 Å². The molecular formula is C15H18N4. The Labute approximate surface area is 112 Å². The Morgan fingerprint density at radius 2 is 2.11 bits per heavy atom. The number of nitrogens with one attached hydrogen (secondary N) is 1. The van der Waals surface area contributed by atoms with Crippen molar-refractivity contribution in [3.8, 4) is 0 Å². The number of hydrogen-bond acceptors (Lipinski definition) is 3. The number of aromatic nitrogens is 3. The third-order valence-corrected chi connectivity index (χ3v) is 4.29. The maximum atomic E-state index is 4.49. The van der Waals surface area contributed by atoms with E-state index in [4.69, 9.17) is 0 Å². The summed E-state index contributed by atoms with van der Waals surface area (Å²) in [4.78, 5) is 0. The molecule has 0 radical (unpaired) electrons. The molecular weight excluding hydrogens is 236 g/mol. The lowest BCUT2D eigenvalue weighted by Crippen LogP contribution is -2.31. The minimum Gasteiger partial charge on any atom is -0.314 e. The smallest absolute Gasteiger partial charge is 0.141 e. The molecule has 19 heavy (non-hydrogen) atoms. The average molecular weight is 254 g/mol. The molecule has 1 atom stereocenters. The minimum absolute atomic E-state index is 0.351. The third kappa shape index (κ3) is 1.78. The Balaban J connectivity index is 1.79. The molecule has 0 aliphatic carbocycles. The van der Waals surface area contributed by atoms with E-state index in [0.717, 1.165) is 31.9 Å². The van der Waals surface area contributed by atoms with Crippen molar-refractivity contribution in [3.63, 3.8) is 0 Å². The zero-order chi connectivity index (χ0) is 12.7. The molecule has 1 unspecified atom stereocenters. The maximum absolute atomic E-state index is 4.49. The number of benzene rings is 1. The molecule has 4 rings (SSSR count). The van der Waals surface area contributed by atoms with Crippen LogP contribution in [0.25, 0.3) is 0 Å². The van der Waals surface area contributed by atoms with E-state index in [9.17, 15) is 0 Å². The predicted octanol–water partition coefficient (Wildman–Crippen LogP) is 1.85. The molecule has 3 heterocycles. The fraction of sp³-hybridized carbons (Fsp3) is 0.467. The summed E-state index contributed by atoms with van der Waals surface area (Å²) < 4.78 is 2.35. The molecule has 0 saturated carbocycles. The predicted molar refractivity (Wildman–Crippen MR) is 73.0 cm³/mol. The van der Waals surface area contributed by atoms with Crippen LogP contribution in [-0.2, 0) is 19.5 Å². The summed E-state index contributed by atoms with van der Waals surface area (Å²) >= 11 is 0. The maximum Gasteiger partial charge on any atom is 0.141 e. The van der Waals surface area contributed by atoms with Gasteiger partial charge in [0.25, 0.3) is 0 Å². The Morgan fingerprint density at radius 1 is 1.16 bits per heavy atom. The zero-order valence-corrected chi connectivity index (χ0v) is 11.0. The van der Waals surface area contributed by atoms with Gasteiger partial charge in [0.05, 0.1) is 5.92 Å². The molecule has 0 amide bonds. The first-order chi connectivity index (χ1) is 9.43. The van der Waals surface area contributed by atoms with E-state index in [0.29, 0.717) is 5.92 Å². The van der Waals surface area contributed by atoms with E-state index in [1.165, 1.54) is 29.8 Å². The molecule has 2 aliphatic rings. The van der Waals surface area contributed by atoms with Gasteiger partial charge in [-0.25, -0.2) is 0 Å². The van der Waals surface area contributed by atoms with Crippen LogP contribution >= 0.6 is 0 Å². The first-order valence-electron chi connectivity index (χ1n) is 7.14. The second-order valence-electron chi connectivity index (χ2n) is 5.47. The highest BCUT2D eigenvalue weighted by molar-refractivity contribution is 5.36. The van der Waals surface area contributed by atoms with Crippen molar-refractivity contribution < 1.29 is 0 Å². The molecule has 1 aromatic carbocycles. The zero-order valence-electron chi connectivity index (χ0n) is 11.0. The summed E-state index contributed by atoms with van der Waals surface area (Å²) in [6, 6.07) is 8.69. The van der Waals surface area contributed by atoms with Crippen LogP contribution in [0.15, 0.2) is 24.3 Å². The van der Waals surface area contributed by atoms with Crippen molar-refractivity contribution >= 4 is 0 Å². The van der Waals surface area contributed by atoms with E-state index >= 15 is 0 Å². The normalized spacial score (nSPS) is 21.8.